The molecule has 1 amide bonds. The molecule has 0 radical (unpaired) electrons. The standard InChI is InChI=1S/C21H16F3N5O/c22-21(23,24)15-5-7-16(8-6-15)27-20(30)29-18-4-2-1-3-17(18)28-19(29)26-13-14-9-11-25-12-10-14/h1-12H,13H2,(H,26,28)(H,27,30). The van der Waals surface area contributed by atoms with Crippen LogP contribution in [0.2, 0.25) is 0 Å². The maximum absolute atomic E-state index is 12.9. The summed E-state index contributed by atoms with van der Waals surface area (Å²) in [5.74, 6) is 0.317. The number of imidazole rings is 1. The summed E-state index contributed by atoms with van der Waals surface area (Å²) in [5, 5.41) is 5.75. The summed E-state index contributed by atoms with van der Waals surface area (Å²) in [5.41, 5.74) is 1.59. The Bertz CT molecular complexity index is 1170. The van der Waals surface area contributed by atoms with E-state index in [4.69, 9.17) is 0 Å². The predicted octanol–water partition coefficient (Wildman–Crippen LogP) is 5.14. The topological polar surface area (TPSA) is 71.8 Å². The minimum Gasteiger partial charge on any atom is -0.351 e. The summed E-state index contributed by atoms with van der Waals surface area (Å²) >= 11 is 0. The van der Waals surface area contributed by atoms with Crippen LogP contribution in [0.5, 0.6) is 0 Å². The molecule has 4 rings (SSSR count). The summed E-state index contributed by atoms with van der Waals surface area (Å²) in [6, 6.07) is 14.5. The van der Waals surface area contributed by atoms with Crippen molar-refractivity contribution in [3.63, 3.8) is 0 Å². The highest BCUT2D eigenvalue weighted by Crippen LogP contribution is 2.30. The van der Waals surface area contributed by atoms with Crippen molar-refractivity contribution in [2.45, 2.75) is 12.7 Å². The van der Waals surface area contributed by atoms with E-state index in [-0.39, 0.29) is 5.69 Å². The molecule has 0 bridgehead atoms. The smallest absolute Gasteiger partial charge is 0.351 e. The summed E-state index contributed by atoms with van der Waals surface area (Å²) in [6.45, 7) is 0.416. The van der Waals surface area contributed by atoms with Gasteiger partial charge in [0.25, 0.3) is 0 Å². The molecule has 0 spiro atoms. The van der Waals surface area contributed by atoms with E-state index in [1.807, 2.05) is 12.1 Å². The van der Waals surface area contributed by atoms with Crippen molar-refractivity contribution in [3.8, 4) is 0 Å². The molecular weight excluding hydrogens is 395 g/mol. The van der Waals surface area contributed by atoms with Gasteiger partial charge in [-0.3, -0.25) is 4.98 Å². The maximum atomic E-state index is 12.9. The van der Waals surface area contributed by atoms with Crippen LogP contribution < -0.4 is 10.6 Å². The van der Waals surface area contributed by atoms with Crippen molar-refractivity contribution in [3.05, 3.63) is 84.2 Å². The lowest BCUT2D eigenvalue weighted by atomic mass is 10.2. The fourth-order valence-corrected chi connectivity index (χ4v) is 2.95. The highest BCUT2D eigenvalue weighted by Gasteiger charge is 2.30. The zero-order valence-corrected chi connectivity index (χ0v) is 15.5. The van der Waals surface area contributed by atoms with Crippen molar-refractivity contribution >= 4 is 28.7 Å². The number of hydrogen-bond donors (Lipinski definition) is 2. The molecule has 4 aromatic rings. The first-order chi connectivity index (χ1) is 14.4. The average molecular weight is 411 g/mol. The van der Waals surface area contributed by atoms with Crippen molar-refractivity contribution < 1.29 is 18.0 Å². The number of aromatic nitrogens is 3. The number of hydrogen-bond acceptors (Lipinski definition) is 4. The van der Waals surface area contributed by atoms with Crippen LogP contribution in [0, 0.1) is 0 Å². The van der Waals surface area contributed by atoms with Gasteiger partial charge < -0.3 is 10.6 Å². The number of rotatable bonds is 4. The van der Waals surface area contributed by atoms with E-state index in [2.05, 4.69) is 20.6 Å². The molecule has 2 heterocycles. The van der Waals surface area contributed by atoms with Gasteiger partial charge in [-0.2, -0.15) is 13.2 Å². The summed E-state index contributed by atoms with van der Waals surface area (Å²) in [4.78, 5) is 21.4. The summed E-state index contributed by atoms with van der Waals surface area (Å²) in [7, 11) is 0. The highest BCUT2D eigenvalue weighted by molar-refractivity contribution is 5.99. The first kappa shape index (κ1) is 19.4. The van der Waals surface area contributed by atoms with Gasteiger partial charge in [-0.25, -0.2) is 14.3 Å². The molecule has 0 atom stereocenters. The van der Waals surface area contributed by atoms with Gasteiger partial charge >= 0.3 is 12.2 Å². The van der Waals surface area contributed by atoms with E-state index in [1.165, 1.54) is 16.7 Å². The largest absolute Gasteiger partial charge is 0.416 e. The Morgan fingerprint density at radius 2 is 1.67 bits per heavy atom. The normalized spacial score (nSPS) is 11.4. The zero-order chi connectivity index (χ0) is 21.1. The van der Waals surface area contributed by atoms with Crippen molar-refractivity contribution in [2.75, 3.05) is 10.6 Å². The van der Waals surface area contributed by atoms with Gasteiger partial charge in [0, 0.05) is 24.6 Å². The molecule has 0 unspecified atom stereocenters. The molecule has 0 aliphatic rings. The summed E-state index contributed by atoms with van der Waals surface area (Å²) < 4.78 is 39.6. The van der Waals surface area contributed by atoms with Crippen molar-refractivity contribution in [1.29, 1.82) is 0 Å². The van der Waals surface area contributed by atoms with Crippen LogP contribution in [0.25, 0.3) is 11.0 Å². The lowest BCUT2D eigenvalue weighted by Crippen LogP contribution is -2.21. The molecule has 2 N–H and O–H groups in total. The van der Waals surface area contributed by atoms with E-state index >= 15 is 0 Å². The van der Waals surface area contributed by atoms with Crippen LogP contribution >= 0.6 is 0 Å². The van der Waals surface area contributed by atoms with E-state index in [0.29, 0.717) is 23.5 Å². The molecular formula is C21H16F3N5O. The molecule has 6 nitrogen and oxygen atoms in total. The zero-order valence-electron chi connectivity index (χ0n) is 15.5. The van der Waals surface area contributed by atoms with Crippen LogP contribution in [-0.4, -0.2) is 20.6 Å². The second-order valence-electron chi connectivity index (χ2n) is 6.47. The fourth-order valence-electron chi connectivity index (χ4n) is 2.95. The molecule has 152 valence electrons. The highest BCUT2D eigenvalue weighted by atomic mass is 19.4. The number of carbonyl (C=O) groups excluding carboxylic acids is 1. The summed E-state index contributed by atoms with van der Waals surface area (Å²) in [6.07, 6.45) is -1.11. The molecule has 9 heteroatoms. The number of nitrogens with zero attached hydrogens (tertiary/aromatic N) is 3. The number of anilines is 2. The molecule has 0 aliphatic carbocycles. The Kier molecular flexibility index (Phi) is 5.09. The number of carbonyl (C=O) groups is 1. The Morgan fingerprint density at radius 1 is 0.967 bits per heavy atom. The second-order valence-corrected chi connectivity index (χ2v) is 6.47. The van der Waals surface area contributed by atoms with E-state index in [0.717, 1.165) is 17.7 Å². The third-order valence-electron chi connectivity index (χ3n) is 4.43. The molecule has 2 aromatic carbocycles. The minimum atomic E-state index is -4.44. The predicted molar refractivity (Wildman–Crippen MR) is 107 cm³/mol. The van der Waals surface area contributed by atoms with Crippen LogP contribution in [-0.2, 0) is 12.7 Å². The SMILES string of the molecule is O=C(Nc1ccc(C(F)(F)F)cc1)n1c(NCc2ccncc2)nc2ccccc21. The monoisotopic (exact) mass is 411 g/mol. The number of halogens is 3. The van der Waals surface area contributed by atoms with Gasteiger partial charge in [0.05, 0.1) is 16.6 Å². The van der Waals surface area contributed by atoms with Gasteiger partial charge in [0.1, 0.15) is 0 Å². The number of fused-ring (bicyclic) bond motifs is 1. The molecule has 0 fully saturated rings. The Morgan fingerprint density at radius 3 is 2.37 bits per heavy atom. The van der Waals surface area contributed by atoms with Gasteiger partial charge in [-0.05, 0) is 54.1 Å². The molecule has 30 heavy (non-hydrogen) atoms. The Hall–Kier alpha value is -3.88. The number of para-hydroxylation sites is 2. The minimum absolute atomic E-state index is 0.242. The van der Waals surface area contributed by atoms with Crippen LogP contribution in [0.4, 0.5) is 29.6 Å². The quantitative estimate of drug-likeness (QED) is 0.488. The molecule has 2 aromatic heterocycles. The van der Waals surface area contributed by atoms with Gasteiger partial charge in [-0.15, -0.1) is 0 Å². The van der Waals surface area contributed by atoms with Gasteiger partial charge in [0.15, 0.2) is 0 Å². The number of pyridine rings is 1. The van der Waals surface area contributed by atoms with E-state index in [9.17, 15) is 18.0 Å². The fraction of sp³-hybridized carbons (Fsp3) is 0.0952. The Balaban J connectivity index is 1.61. The third-order valence-corrected chi connectivity index (χ3v) is 4.43. The van der Waals surface area contributed by atoms with Crippen molar-refractivity contribution in [2.24, 2.45) is 0 Å². The number of amides is 1. The van der Waals surface area contributed by atoms with Crippen LogP contribution in [0.3, 0.4) is 0 Å². The van der Waals surface area contributed by atoms with E-state index in [1.54, 1.807) is 36.7 Å². The molecule has 0 saturated carbocycles. The third kappa shape index (κ3) is 4.09. The molecule has 0 aliphatic heterocycles. The number of nitrogens with one attached hydrogen (secondary N) is 2. The van der Waals surface area contributed by atoms with Crippen LogP contribution in [0.15, 0.2) is 73.1 Å². The lowest BCUT2D eigenvalue weighted by molar-refractivity contribution is -0.137. The van der Waals surface area contributed by atoms with Crippen LogP contribution in [0.1, 0.15) is 11.1 Å². The second kappa shape index (κ2) is 7.86. The Labute approximate surface area is 169 Å². The van der Waals surface area contributed by atoms with E-state index < -0.39 is 17.8 Å². The first-order valence-electron chi connectivity index (χ1n) is 9.01. The van der Waals surface area contributed by atoms with Gasteiger partial charge in [0.2, 0.25) is 5.95 Å². The average Bonchev–Trinajstić information content (AvgIpc) is 3.11. The number of benzene rings is 2. The number of alkyl halides is 3. The first-order valence-corrected chi connectivity index (χ1v) is 9.01. The maximum Gasteiger partial charge on any atom is 0.416 e. The lowest BCUT2D eigenvalue weighted by Gasteiger charge is -2.12. The van der Waals surface area contributed by atoms with Gasteiger partial charge in [-0.1, -0.05) is 12.1 Å². The molecule has 0 saturated heterocycles. The van der Waals surface area contributed by atoms with Crippen molar-refractivity contribution in [1.82, 2.24) is 14.5 Å².